The molecule has 0 amide bonds. The molecular weight excluding hydrogens is 142 g/mol. The van der Waals surface area contributed by atoms with Gasteiger partial charge in [-0.25, -0.2) is 0 Å². The second-order valence-electron chi connectivity index (χ2n) is 2.36. The normalized spacial score (nSPS) is 9.64. The minimum atomic E-state index is 0.517. The summed E-state index contributed by atoms with van der Waals surface area (Å²) in [7, 11) is 1.60. The van der Waals surface area contributed by atoms with Gasteiger partial charge in [-0.15, -0.1) is 4.68 Å². The highest BCUT2D eigenvalue weighted by Gasteiger charge is 2.06. The highest BCUT2D eigenvalue weighted by atomic mass is 16.5. The maximum Gasteiger partial charge on any atom is 0.295 e. The average molecular weight is 154 g/mol. The Balaban J connectivity index is 3.21. The smallest absolute Gasteiger partial charge is 0.295 e. The van der Waals surface area contributed by atoms with Crippen molar-refractivity contribution in [3.8, 4) is 5.75 Å². The summed E-state index contributed by atoms with van der Waals surface area (Å²) in [4.78, 5) is 0. The first kappa shape index (κ1) is 7.65. The van der Waals surface area contributed by atoms with Crippen LogP contribution in [0.5, 0.6) is 5.75 Å². The van der Waals surface area contributed by atoms with E-state index < -0.39 is 0 Å². The number of nitrogens with two attached hydrogens (primary N) is 2. The first-order valence-corrected chi connectivity index (χ1v) is 3.26. The minimum Gasteiger partial charge on any atom is -0.493 e. The van der Waals surface area contributed by atoms with Gasteiger partial charge in [0.15, 0.2) is 11.9 Å². The Morgan fingerprint density at radius 3 is 2.73 bits per heavy atom. The van der Waals surface area contributed by atoms with Crippen LogP contribution >= 0.6 is 0 Å². The van der Waals surface area contributed by atoms with Crippen molar-refractivity contribution >= 4 is 5.82 Å². The van der Waals surface area contributed by atoms with Crippen molar-refractivity contribution in [2.75, 3.05) is 18.7 Å². The van der Waals surface area contributed by atoms with Crippen LogP contribution in [0.15, 0.2) is 12.3 Å². The van der Waals surface area contributed by atoms with Crippen LogP contribution in [0.1, 0.15) is 5.56 Å². The molecule has 1 aromatic heterocycles. The Hall–Kier alpha value is -1.45. The second-order valence-corrected chi connectivity index (χ2v) is 2.36. The van der Waals surface area contributed by atoms with E-state index in [0.717, 1.165) is 11.3 Å². The number of aryl methyl sites for hydroxylation is 1. The summed E-state index contributed by atoms with van der Waals surface area (Å²) in [6.45, 7) is 1.91. The molecule has 0 unspecified atom stereocenters. The van der Waals surface area contributed by atoms with Gasteiger partial charge >= 0.3 is 0 Å². The van der Waals surface area contributed by atoms with Crippen molar-refractivity contribution in [2.24, 2.45) is 0 Å². The van der Waals surface area contributed by atoms with E-state index in [9.17, 15) is 0 Å². The van der Waals surface area contributed by atoms with Gasteiger partial charge in [0.25, 0.3) is 5.82 Å². The third kappa shape index (κ3) is 1.34. The summed E-state index contributed by atoms with van der Waals surface area (Å²) in [6, 6.07) is 1.76. The minimum absolute atomic E-state index is 0.517. The molecule has 1 aromatic rings. The van der Waals surface area contributed by atoms with Crippen LogP contribution in [0.4, 0.5) is 5.82 Å². The lowest BCUT2D eigenvalue weighted by molar-refractivity contribution is -0.624. The predicted molar refractivity (Wildman–Crippen MR) is 42.5 cm³/mol. The number of hydrogen-bond donors (Lipinski definition) is 2. The molecule has 0 saturated heterocycles. The fourth-order valence-electron chi connectivity index (χ4n) is 0.884. The van der Waals surface area contributed by atoms with E-state index in [1.165, 1.54) is 4.68 Å². The van der Waals surface area contributed by atoms with Crippen molar-refractivity contribution < 1.29 is 9.41 Å². The molecule has 0 aromatic carbocycles. The topological polar surface area (TPSA) is 65.1 Å². The van der Waals surface area contributed by atoms with Crippen LogP contribution < -0.4 is 21.0 Å². The van der Waals surface area contributed by atoms with Gasteiger partial charge in [-0.1, -0.05) is 0 Å². The summed E-state index contributed by atoms with van der Waals surface area (Å²) < 4.78 is 6.35. The molecule has 0 spiro atoms. The number of nitrogens with zero attached hydrogens (tertiary/aromatic N) is 1. The predicted octanol–water partition coefficient (Wildman–Crippen LogP) is -0.413. The van der Waals surface area contributed by atoms with Crippen LogP contribution in [-0.2, 0) is 0 Å². The quantitative estimate of drug-likeness (QED) is 0.427. The summed E-state index contributed by atoms with van der Waals surface area (Å²) in [5, 5.41) is 0. The van der Waals surface area contributed by atoms with Gasteiger partial charge < -0.3 is 4.74 Å². The van der Waals surface area contributed by atoms with Crippen molar-refractivity contribution in [3.63, 3.8) is 0 Å². The van der Waals surface area contributed by atoms with E-state index in [-0.39, 0.29) is 0 Å². The molecule has 0 aliphatic heterocycles. The molecule has 0 aliphatic carbocycles. The third-order valence-electron chi connectivity index (χ3n) is 1.53. The number of pyridine rings is 1. The van der Waals surface area contributed by atoms with Gasteiger partial charge in [0.1, 0.15) is 0 Å². The molecule has 1 heterocycles. The Labute approximate surface area is 65.4 Å². The molecular formula is C7H12N3O+. The number of ether oxygens (including phenoxy) is 1. The third-order valence-corrected chi connectivity index (χ3v) is 1.53. The molecule has 4 N–H and O–H groups in total. The fraction of sp³-hybridized carbons (Fsp3) is 0.286. The highest BCUT2D eigenvalue weighted by molar-refractivity contribution is 5.35. The molecule has 0 atom stereocenters. The zero-order valence-electron chi connectivity index (χ0n) is 6.66. The lowest BCUT2D eigenvalue weighted by Crippen LogP contribution is -2.46. The van der Waals surface area contributed by atoms with Crippen molar-refractivity contribution in [1.82, 2.24) is 0 Å². The van der Waals surface area contributed by atoms with Crippen LogP contribution in [0, 0.1) is 6.92 Å². The maximum absolute atomic E-state index is 5.53. The van der Waals surface area contributed by atoms with E-state index in [0.29, 0.717) is 5.82 Å². The molecule has 60 valence electrons. The Bertz CT molecular complexity index is 273. The monoisotopic (exact) mass is 154 g/mol. The van der Waals surface area contributed by atoms with E-state index in [2.05, 4.69) is 0 Å². The first-order chi connectivity index (χ1) is 5.15. The number of hydrogen-bond acceptors (Lipinski definition) is 3. The number of methoxy groups -OCH3 is 1. The van der Waals surface area contributed by atoms with Crippen LogP contribution in [0.3, 0.4) is 0 Å². The van der Waals surface area contributed by atoms with Crippen molar-refractivity contribution in [1.29, 1.82) is 0 Å². The number of nitrogen functional groups attached to an aromatic ring is 2. The Morgan fingerprint density at radius 1 is 1.55 bits per heavy atom. The molecule has 4 heteroatoms. The molecule has 0 radical (unpaired) electrons. The number of rotatable bonds is 1. The first-order valence-electron chi connectivity index (χ1n) is 3.26. The molecule has 0 fully saturated rings. The van der Waals surface area contributed by atoms with Crippen LogP contribution in [0.25, 0.3) is 0 Å². The van der Waals surface area contributed by atoms with Crippen molar-refractivity contribution in [2.45, 2.75) is 6.92 Å². The lowest BCUT2D eigenvalue weighted by atomic mass is 10.3. The van der Waals surface area contributed by atoms with Gasteiger partial charge in [-0.05, 0) is 6.92 Å². The standard InChI is InChI=1S/C7H11N3O/c1-5-3-7(8)10(9)4-6(5)11-2/h3-4,8H,9H2,1-2H3/p+1. The maximum atomic E-state index is 5.53. The number of anilines is 1. The second kappa shape index (κ2) is 2.65. The van der Waals surface area contributed by atoms with Crippen LogP contribution in [0.2, 0.25) is 0 Å². The zero-order chi connectivity index (χ0) is 8.43. The van der Waals surface area contributed by atoms with Crippen molar-refractivity contribution in [3.05, 3.63) is 17.8 Å². The summed E-state index contributed by atoms with van der Waals surface area (Å²) in [5.74, 6) is 6.73. The molecule has 4 nitrogen and oxygen atoms in total. The Morgan fingerprint density at radius 2 is 2.18 bits per heavy atom. The zero-order valence-corrected chi connectivity index (χ0v) is 6.66. The molecule has 0 saturated carbocycles. The fourth-order valence-corrected chi connectivity index (χ4v) is 0.884. The van der Waals surface area contributed by atoms with Gasteiger partial charge in [0.05, 0.1) is 7.11 Å². The van der Waals surface area contributed by atoms with E-state index in [4.69, 9.17) is 16.3 Å². The van der Waals surface area contributed by atoms with E-state index in [1.54, 1.807) is 19.4 Å². The molecule has 11 heavy (non-hydrogen) atoms. The van der Waals surface area contributed by atoms with Gasteiger partial charge in [0.2, 0.25) is 0 Å². The molecule has 1 rings (SSSR count). The van der Waals surface area contributed by atoms with Crippen LogP contribution in [-0.4, -0.2) is 7.11 Å². The van der Waals surface area contributed by atoms with Gasteiger partial charge in [-0.2, -0.15) is 0 Å². The average Bonchev–Trinajstić information content (AvgIpc) is 1.97. The highest BCUT2D eigenvalue weighted by Crippen LogP contribution is 2.14. The molecule has 0 bridgehead atoms. The summed E-state index contributed by atoms with van der Waals surface area (Å²) >= 11 is 0. The van der Waals surface area contributed by atoms with E-state index in [1.807, 2.05) is 6.92 Å². The number of aromatic nitrogens is 1. The summed E-state index contributed by atoms with van der Waals surface area (Å²) in [6.07, 6.45) is 1.64. The van der Waals surface area contributed by atoms with Gasteiger partial charge in [-0.3, -0.25) is 11.6 Å². The lowest BCUT2D eigenvalue weighted by Gasteiger charge is -2.03. The largest absolute Gasteiger partial charge is 0.493 e. The Kier molecular flexibility index (Phi) is 1.85. The molecule has 0 aliphatic rings. The van der Waals surface area contributed by atoms with Gasteiger partial charge in [0, 0.05) is 11.6 Å². The summed E-state index contributed by atoms with van der Waals surface area (Å²) in [5.41, 5.74) is 6.51. The SMILES string of the molecule is COc1c[n+](N)c(N)cc1C. The van der Waals surface area contributed by atoms with E-state index >= 15 is 0 Å².